The van der Waals surface area contributed by atoms with Crippen LogP contribution in [0.25, 0.3) is 0 Å². The van der Waals surface area contributed by atoms with Crippen LogP contribution in [0.2, 0.25) is 0 Å². The van der Waals surface area contributed by atoms with Crippen molar-refractivity contribution >= 4 is 15.8 Å². The molecular formula is C16H21NO3S. The molecule has 114 valence electrons. The second kappa shape index (κ2) is 5.54. The van der Waals surface area contributed by atoms with Gasteiger partial charge < -0.3 is 0 Å². The summed E-state index contributed by atoms with van der Waals surface area (Å²) in [4.78, 5) is 11.8. The summed E-state index contributed by atoms with van der Waals surface area (Å²) in [5.41, 5.74) is 2.46. The lowest BCUT2D eigenvalue weighted by Gasteiger charge is -2.30. The number of aryl methyl sites for hydroxylation is 2. The van der Waals surface area contributed by atoms with Gasteiger partial charge in [-0.15, -0.1) is 0 Å². The van der Waals surface area contributed by atoms with E-state index in [1.807, 2.05) is 12.1 Å². The number of carbonyl (C=O) groups excluding carboxylic acids is 1. The molecule has 1 aromatic carbocycles. The summed E-state index contributed by atoms with van der Waals surface area (Å²) in [5.74, 6) is 0.195. The third kappa shape index (κ3) is 2.77. The average Bonchev–Trinajstić information content (AvgIpc) is 2.94. The number of piperidine rings is 1. The molecule has 5 heteroatoms. The molecule has 0 N–H and O–H groups in total. The van der Waals surface area contributed by atoms with Crippen molar-refractivity contribution in [3.63, 3.8) is 0 Å². The highest BCUT2D eigenvalue weighted by Crippen LogP contribution is 2.28. The maximum Gasteiger partial charge on any atom is 0.243 e. The maximum absolute atomic E-state index is 12.7. The Morgan fingerprint density at radius 1 is 1.14 bits per heavy atom. The molecule has 1 aromatic rings. The minimum atomic E-state index is -3.41. The molecule has 1 aliphatic heterocycles. The predicted molar refractivity (Wildman–Crippen MR) is 80.6 cm³/mol. The SMILES string of the molecule is CC(=O)C1CCN(S(=O)(=O)c2ccc3c(c2)CCC3)CC1. The highest BCUT2D eigenvalue weighted by Gasteiger charge is 2.31. The molecule has 1 saturated heterocycles. The minimum Gasteiger partial charge on any atom is -0.300 e. The first-order valence-corrected chi connectivity index (χ1v) is 9.05. The zero-order chi connectivity index (χ0) is 15.0. The van der Waals surface area contributed by atoms with Gasteiger partial charge >= 0.3 is 0 Å². The summed E-state index contributed by atoms with van der Waals surface area (Å²) in [6.45, 7) is 2.49. The molecule has 0 unspecified atom stereocenters. The lowest BCUT2D eigenvalue weighted by Crippen LogP contribution is -2.39. The second-order valence-corrected chi connectivity index (χ2v) is 8.01. The third-order valence-corrected chi connectivity index (χ3v) is 6.63. The standard InChI is InChI=1S/C16H21NO3S/c1-12(18)13-7-9-17(10-8-13)21(19,20)16-6-5-14-3-2-4-15(14)11-16/h5-6,11,13H,2-4,7-10H2,1H3. The Hall–Kier alpha value is -1.20. The van der Waals surface area contributed by atoms with Gasteiger partial charge in [0.1, 0.15) is 5.78 Å². The lowest BCUT2D eigenvalue weighted by molar-refractivity contribution is -0.121. The number of fused-ring (bicyclic) bond motifs is 1. The first kappa shape index (κ1) is 14.7. The van der Waals surface area contributed by atoms with Gasteiger partial charge in [-0.1, -0.05) is 6.07 Å². The Balaban J connectivity index is 1.80. The van der Waals surface area contributed by atoms with Crippen molar-refractivity contribution in [3.8, 4) is 0 Å². The molecule has 21 heavy (non-hydrogen) atoms. The topological polar surface area (TPSA) is 54.5 Å². The molecule has 4 nitrogen and oxygen atoms in total. The van der Waals surface area contributed by atoms with Crippen LogP contribution in [0.15, 0.2) is 23.1 Å². The molecule has 0 atom stereocenters. The fraction of sp³-hybridized carbons (Fsp3) is 0.562. The zero-order valence-electron chi connectivity index (χ0n) is 12.3. The molecule has 0 amide bonds. The van der Waals surface area contributed by atoms with Gasteiger partial charge in [-0.05, 0) is 62.3 Å². The minimum absolute atomic E-state index is 0.0245. The van der Waals surface area contributed by atoms with E-state index in [-0.39, 0.29) is 11.7 Å². The number of Topliss-reactive ketones (excluding diaryl/α,β-unsaturated/α-hetero) is 1. The van der Waals surface area contributed by atoms with Crippen molar-refractivity contribution in [3.05, 3.63) is 29.3 Å². The van der Waals surface area contributed by atoms with Gasteiger partial charge in [-0.2, -0.15) is 4.31 Å². The molecule has 2 aliphatic rings. The number of hydrogen-bond donors (Lipinski definition) is 0. The summed E-state index contributed by atoms with van der Waals surface area (Å²) in [6, 6.07) is 5.53. The summed E-state index contributed by atoms with van der Waals surface area (Å²) >= 11 is 0. The molecule has 0 bridgehead atoms. The molecule has 1 fully saturated rings. The molecule has 0 saturated carbocycles. The first-order valence-electron chi connectivity index (χ1n) is 7.61. The number of hydrogen-bond acceptors (Lipinski definition) is 3. The van der Waals surface area contributed by atoms with E-state index in [9.17, 15) is 13.2 Å². The third-order valence-electron chi connectivity index (χ3n) is 4.74. The Labute approximate surface area is 126 Å². The average molecular weight is 307 g/mol. The van der Waals surface area contributed by atoms with Crippen molar-refractivity contribution in [2.75, 3.05) is 13.1 Å². The monoisotopic (exact) mass is 307 g/mol. The van der Waals surface area contributed by atoms with Crippen LogP contribution in [0.4, 0.5) is 0 Å². The predicted octanol–water partition coefficient (Wildman–Crippen LogP) is 2.17. The van der Waals surface area contributed by atoms with E-state index < -0.39 is 10.0 Å². The van der Waals surface area contributed by atoms with Crippen LogP contribution in [-0.2, 0) is 27.7 Å². The molecule has 0 aromatic heterocycles. The second-order valence-electron chi connectivity index (χ2n) is 6.07. The summed E-state index contributed by atoms with van der Waals surface area (Å²) in [5, 5.41) is 0. The Bertz CT molecular complexity index is 658. The molecular weight excluding hydrogens is 286 g/mol. The van der Waals surface area contributed by atoms with Crippen molar-refractivity contribution in [2.24, 2.45) is 5.92 Å². The van der Waals surface area contributed by atoms with E-state index in [1.165, 1.54) is 15.4 Å². The first-order chi connectivity index (χ1) is 9.98. The van der Waals surface area contributed by atoms with Crippen LogP contribution in [-0.4, -0.2) is 31.6 Å². The lowest BCUT2D eigenvalue weighted by atomic mass is 9.95. The van der Waals surface area contributed by atoms with Crippen LogP contribution in [0, 0.1) is 5.92 Å². The highest BCUT2D eigenvalue weighted by molar-refractivity contribution is 7.89. The number of benzene rings is 1. The smallest absolute Gasteiger partial charge is 0.243 e. The highest BCUT2D eigenvalue weighted by atomic mass is 32.2. The Morgan fingerprint density at radius 3 is 2.48 bits per heavy atom. The number of nitrogens with zero attached hydrogens (tertiary/aromatic N) is 1. The van der Waals surface area contributed by atoms with Crippen molar-refractivity contribution < 1.29 is 13.2 Å². The zero-order valence-corrected chi connectivity index (χ0v) is 13.2. The normalized spacial score (nSPS) is 20.4. The summed E-state index contributed by atoms with van der Waals surface area (Å²) in [7, 11) is -3.41. The number of carbonyl (C=O) groups is 1. The Kier molecular flexibility index (Phi) is 3.88. The van der Waals surface area contributed by atoms with Gasteiger partial charge in [-0.3, -0.25) is 4.79 Å². The van der Waals surface area contributed by atoms with Gasteiger partial charge in [0.05, 0.1) is 4.90 Å². The molecule has 0 radical (unpaired) electrons. The van der Waals surface area contributed by atoms with E-state index in [1.54, 1.807) is 13.0 Å². The van der Waals surface area contributed by atoms with Crippen LogP contribution >= 0.6 is 0 Å². The van der Waals surface area contributed by atoms with Gasteiger partial charge in [0.15, 0.2) is 0 Å². The van der Waals surface area contributed by atoms with Crippen LogP contribution in [0.5, 0.6) is 0 Å². The summed E-state index contributed by atoms with van der Waals surface area (Å²) in [6.07, 6.45) is 4.42. The number of rotatable bonds is 3. The van der Waals surface area contributed by atoms with Crippen molar-refractivity contribution in [1.82, 2.24) is 4.31 Å². The fourth-order valence-corrected chi connectivity index (χ4v) is 4.88. The molecule has 1 aliphatic carbocycles. The maximum atomic E-state index is 12.7. The number of ketones is 1. The summed E-state index contributed by atoms with van der Waals surface area (Å²) < 4.78 is 26.9. The molecule has 1 heterocycles. The van der Waals surface area contributed by atoms with Gasteiger partial charge in [0.2, 0.25) is 10.0 Å². The fourth-order valence-electron chi connectivity index (χ4n) is 3.36. The largest absolute Gasteiger partial charge is 0.300 e. The van der Waals surface area contributed by atoms with E-state index >= 15 is 0 Å². The van der Waals surface area contributed by atoms with E-state index in [2.05, 4.69) is 0 Å². The van der Waals surface area contributed by atoms with Crippen LogP contribution in [0.1, 0.15) is 37.3 Å². The van der Waals surface area contributed by atoms with Crippen LogP contribution < -0.4 is 0 Å². The van der Waals surface area contributed by atoms with Gasteiger partial charge in [-0.25, -0.2) is 8.42 Å². The van der Waals surface area contributed by atoms with E-state index in [0.29, 0.717) is 30.8 Å². The Morgan fingerprint density at radius 2 is 1.81 bits per heavy atom. The number of sulfonamides is 1. The van der Waals surface area contributed by atoms with Crippen molar-refractivity contribution in [2.45, 2.75) is 43.9 Å². The molecule has 3 rings (SSSR count). The molecule has 0 spiro atoms. The van der Waals surface area contributed by atoms with Crippen LogP contribution in [0.3, 0.4) is 0 Å². The van der Waals surface area contributed by atoms with Gasteiger partial charge in [0, 0.05) is 19.0 Å². The van der Waals surface area contributed by atoms with E-state index in [0.717, 1.165) is 19.3 Å². The van der Waals surface area contributed by atoms with E-state index in [4.69, 9.17) is 0 Å². The van der Waals surface area contributed by atoms with Crippen molar-refractivity contribution in [1.29, 1.82) is 0 Å². The van der Waals surface area contributed by atoms with Gasteiger partial charge in [0.25, 0.3) is 0 Å². The quantitative estimate of drug-likeness (QED) is 0.860.